The highest BCUT2D eigenvalue weighted by Crippen LogP contribution is 2.28. The normalized spacial score (nSPS) is 29.4. The van der Waals surface area contributed by atoms with Crippen LogP contribution in [0.5, 0.6) is 0 Å². The first-order chi connectivity index (χ1) is 10.0. The van der Waals surface area contributed by atoms with E-state index in [-0.39, 0.29) is 12.5 Å². The lowest BCUT2D eigenvalue weighted by molar-refractivity contribution is -0.137. The van der Waals surface area contributed by atoms with E-state index in [1.165, 1.54) is 25.7 Å². The molecule has 1 aliphatic heterocycles. The number of aliphatic carboxylic acids is 1. The number of carbonyl (C=O) groups is 2. The third-order valence-electron chi connectivity index (χ3n) is 5.02. The number of rotatable bonds is 5. The number of nitrogens with zero attached hydrogens (tertiary/aromatic N) is 1. The molecule has 2 rings (SSSR count). The van der Waals surface area contributed by atoms with Crippen LogP contribution in [-0.4, -0.2) is 41.6 Å². The number of carboxylic acids is 1. The van der Waals surface area contributed by atoms with Gasteiger partial charge in [-0.3, -0.25) is 4.79 Å². The predicted molar refractivity (Wildman–Crippen MR) is 81.1 cm³/mol. The molecule has 5 nitrogen and oxygen atoms in total. The van der Waals surface area contributed by atoms with E-state index >= 15 is 0 Å². The molecule has 0 aromatic rings. The smallest absolute Gasteiger partial charge is 0.317 e. The number of hydrogen-bond donors (Lipinski definition) is 2. The van der Waals surface area contributed by atoms with Crippen molar-refractivity contribution in [1.82, 2.24) is 10.2 Å². The summed E-state index contributed by atoms with van der Waals surface area (Å²) in [6.45, 7) is 4.57. The van der Waals surface area contributed by atoms with Crippen LogP contribution in [0.4, 0.5) is 4.79 Å². The molecule has 1 saturated carbocycles. The number of urea groups is 1. The Balaban J connectivity index is 1.64. The maximum absolute atomic E-state index is 12.1. The minimum Gasteiger partial charge on any atom is -0.481 e. The fourth-order valence-corrected chi connectivity index (χ4v) is 3.46. The average Bonchev–Trinajstić information content (AvgIpc) is 2.93. The summed E-state index contributed by atoms with van der Waals surface area (Å²) >= 11 is 0. The number of amides is 2. The highest BCUT2D eigenvalue weighted by molar-refractivity contribution is 5.74. The molecular formula is C16H28N2O3. The zero-order valence-corrected chi connectivity index (χ0v) is 13.0. The van der Waals surface area contributed by atoms with Gasteiger partial charge in [0.15, 0.2) is 0 Å². The Kier molecular flexibility index (Phi) is 5.88. The summed E-state index contributed by atoms with van der Waals surface area (Å²) in [5.74, 6) is 1.08. The van der Waals surface area contributed by atoms with Crippen LogP contribution >= 0.6 is 0 Å². The van der Waals surface area contributed by atoms with E-state index in [0.717, 1.165) is 25.4 Å². The van der Waals surface area contributed by atoms with Crippen molar-refractivity contribution in [3.63, 3.8) is 0 Å². The Morgan fingerprint density at radius 2 is 1.86 bits per heavy atom. The van der Waals surface area contributed by atoms with Crippen LogP contribution in [0.1, 0.15) is 51.9 Å². The van der Waals surface area contributed by atoms with Gasteiger partial charge in [0.05, 0.1) is 0 Å². The molecule has 21 heavy (non-hydrogen) atoms. The summed E-state index contributed by atoms with van der Waals surface area (Å²) < 4.78 is 0. The van der Waals surface area contributed by atoms with Gasteiger partial charge in [-0.25, -0.2) is 4.79 Å². The van der Waals surface area contributed by atoms with Crippen molar-refractivity contribution in [2.24, 2.45) is 17.8 Å². The molecule has 1 saturated heterocycles. The third kappa shape index (κ3) is 5.21. The van der Waals surface area contributed by atoms with Crippen molar-refractivity contribution < 1.29 is 14.7 Å². The van der Waals surface area contributed by atoms with E-state index in [2.05, 4.69) is 12.2 Å². The lowest BCUT2D eigenvalue weighted by Crippen LogP contribution is -2.41. The van der Waals surface area contributed by atoms with E-state index in [0.29, 0.717) is 24.8 Å². The molecule has 2 fully saturated rings. The van der Waals surface area contributed by atoms with Gasteiger partial charge in [-0.05, 0) is 43.4 Å². The molecule has 120 valence electrons. The summed E-state index contributed by atoms with van der Waals surface area (Å²) in [4.78, 5) is 24.6. The Morgan fingerprint density at radius 1 is 1.14 bits per heavy atom. The van der Waals surface area contributed by atoms with Gasteiger partial charge in [-0.15, -0.1) is 0 Å². The van der Waals surface area contributed by atoms with Gasteiger partial charge in [0.2, 0.25) is 0 Å². The number of carbonyl (C=O) groups excluding carboxylic acids is 1. The number of likely N-dealkylation sites (tertiary alicyclic amines) is 1. The first kappa shape index (κ1) is 16.1. The van der Waals surface area contributed by atoms with E-state index < -0.39 is 5.97 Å². The van der Waals surface area contributed by atoms with Crippen molar-refractivity contribution in [3.8, 4) is 0 Å². The second-order valence-electron chi connectivity index (χ2n) is 6.85. The van der Waals surface area contributed by atoms with Crippen molar-refractivity contribution >= 4 is 12.0 Å². The molecule has 1 atom stereocenters. The topological polar surface area (TPSA) is 69.6 Å². The Labute approximate surface area is 127 Å². The van der Waals surface area contributed by atoms with E-state index in [9.17, 15) is 9.59 Å². The number of hydrogen-bond acceptors (Lipinski definition) is 2. The Bertz CT molecular complexity index is 365. The van der Waals surface area contributed by atoms with Crippen molar-refractivity contribution in [1.29, 1.82) is 0 Å². The largest absolute Gasteiger partial charge is 0.481 e. The van der Waals surface area contributed by atoms with Gasteiger partial charge >= 0.3 is 12.0 Å². The quantitative estimate of drug-likeness (QED) is 0.819. The maximum atomic E-state index is 12.1. The van der Waals surface area contributed by atoms with Crippen LogP contribution in [0.3, 0.4) is 0 Å². The monoisotopic (exact) mass is 296 g/mol. The van der Waals surface area contributed by atoms with Gasteiger partial charge < -0.3 is 15.3 Å². The van der Waals surface area contributed by atoms with Crippen molar-refractivity contribution in [3.05, 3.63) is 0 Å². The molecular weight excluding hydrogens is 268 g/mol. The summed E-state index contributed by atoms with van der Waals surface area (Å²) in [5.41, 5.74) is 0. The maximum Gasteiger partial charge on any atom is 0.317 e. The first-order valence-electron chi connectivity index (χ1n) is 8.29. The van der Waals surface area contributed by atoms with Crippen LogP contribution in [-0.2, 0) is 4.79 Å². The highest BCUT2D eigenvalue weighted by Gasteiger charge is 2.27. The highest BCUT2D eigenvalue weighted by atomic mass is 16.4. The van der Waals surface area contributed by atoms with Crippen LogP contribution in [0, 0.1) is 17.8 Å². The molecule has 1 aliphatic carbocycles. The van der Waals surface area contributed by atoms with Gasteiger partial charge in [0, 0.05) is 26.1 Å². The first-order valence-corrected chi connectivity index (χ1v) is 8.29. The van der Waals surface area contributed by atoms with Crippen molar-refractivity contribution in [2.45, 2.75) is 51.9 Å². The molecule has 0 radical (unpaired) electrons. The standard InChI is InChI=1S/C16H28N2O3/c1-12-2-4-13(5-3-12)10-17-16(21)18-9-8-14(11-18)6-7-15(19)20/h12-14H,2-11H2,1H3,(H,17,21)(H,19,20). The SMILES string of the molecule is CC1CCC(CNC(=O)N2CCC(CCC(=O)O)C2)CC1. The van der Waals surface area contributed by atoms with E-state index in [4.69, 9.17) is 5.11 Å². The van der Waals surface area contributed by atoms with Gasteiger partial charge in [0.25, 0.3) is 0 Å². The molecule has 0 aromatic carbocycles. The minimum absolute atomic E-state index is 0.0337. The Hall–Kier alpha value is -1.26. The molecule has 2 N–H and O–H groups in total. The van der Waals surface area contributed by atoms with Crippen LogP contribution in [0.2, 0.25) is 0 Å². The van der Waals surface area contributed by atoms with Gasteiger partial charge in [-0.2, -0.15) is 0 Å². The number of carboxylic acid groups (broad SMARTS) is 1. The summed E-state index contributed by atoms with van der Waals surface area (Å²) in [6.07, 6.45) is 6.83. The van der Waals surface area contributed by atoms with Crippen LogP contribution < -0.4 is 5.32 Å². The zero-order valence-electron chi connectivity index (χ0n) is 13.0. The second kappa shape index (κ2) is 7.66. The summed E-state index contributed by atoms with van der Waals surface area (Å²) in [5, 5.41) is 11.8. The molecule has 0 bridgehead atoms. The average molecular weight is 296 g/mol. The molecule has 0 aromatic heterocycles. The van der Waals surface area contributed by atoms with Gasteiger partial charge in [-0.1, -0.05) is 19.8 Å². The Morgan fingerprint density at radius 3 is 2.52 bits per heavy atom. The fraction of sp³-hybridized carbons (Fsp3) is 0.875. The zero-order chi connectivity index (χ0) is 15.2. The van der Waals surface area contributed by atoms with Crippen molar-refractivity contribution in [2.75, 3.05) is 19.6 Å². The summed E-state index contributed by atoms with van der Waals surface area (Å²) in [7, 11) is 0. The molecule has 5 heteroatoms. The molecule has 2 aliphatic rings. The van der Waals surface area contributed by atoms with E-state index in [1.807, 2.05) is 4.90 Å². The third-order valence-corrected chi connectivity index (χ3v) is 5.02. The second-order valence-corrected chi connectivity index (χ2v) is 6.85. The molecule has 1 heterocycles. The van der Waals surface area contributed by atoms with Crippen LogP contribution in [0.25, 0.3) is 0 Å². The predicted octanol–water partition coefficient (Wildman–Crippen LogP) is 2.71. The fourth-order valence-electron chi connectivity index (χ4n) is 3.46. The molecule has 1 unspecified atom stereocenters. The molecule has 0 spiro atoms. The summed E-state index contributed by atoms with van der Waals surface area (Å²) in [6, 6.07) is 0.0337. The molecule has 2 amide bonds. The van der Waals surface area contributed by atoms with Crippen LogP contribution in [0.15, 0.2) is 0 Å². The lowest BCUT2D eigenvalue weighted by atomic mass is 9.83. The lowest BCUT2D eigenvalue weighted by Gasteiger charge is -2.27. The minimum atomic E-state index is -0.746. The number of nitrogens with one attached hydrogen (secondary N) is 1. The van der Waals surface area contributed by atoms with E-state index in [1.54, 1.807) is 0 Å². The van der Waals surface area contributed by atoms with Gasteiger partial charge in [0.1, 0.15) is 0 Å².